The van der Waals surface area contributed by atoms with Crippen molar-refractivity contribution in [3.8, 4) is 0 Å². The summed E-state index contributed by atoms with van der Waals surface area (Å²) in [7, 11) is -3.83. The van der Waals surface area contributed by atoms with Crippen LogP contribution in [0.3, 0.4) is 0 Å². The molecule has 0 atom stereocenters. The van der Waals surface area contributed by atoms with Gasteiger partial charge >= 0.3 is 0 Å². The SMILES string of the molecule is NCc1cc(S(=O)(=O)Nc2ccc(Cl)c(Br)c2)ccc1F. The Hall–Kier alpha value is -1.15. The molecule has 0 saturated heterocycles. The molecule has 0 aromatic heterocycles. The van der Waals surface area contributed by atoms with Crippen molar-refractivity contribution < 1.29 is 12.8 Å². The van der Waals surface area contributed by atoms with Crippen LogP contribution in [0, 0.1) is 5.82 Å². The molecule has 0 radical (unpaired) electrons. The second-order valence-electron chi connectivity index (χ2n) is 4.19. The molecule has 0 unspecified atom stereocenters. The van der Waals surface area contributed by atoms with Crippen LogP contribution in [-0.4, -0.2) is 8.42 Å². The molecule has 112 valence electrons. The fourth-order valence-electron chi connectivity index (χ4n) is 1.65. The molecule has 2 aromatic rings. The molecule has 0 saturated carbocycles. The first-order valence-electron chi connectivity index (χ1n) is 5.80. The molecule has 2 aromatic carbocycles. The van der Waals surface area contributed by atoms with Gasteiger partial charge in [0.15, 0.2) is 0 Å². The third-order valence-corrected chi connectivity index (χ3v) is 5.31. The van der Waals surface area contributed by atoms with E-state index in [1.165, 1.54) is 24.3 Å². The Kier molecular flexibility index (Phi) is 4.88. The van der Waals surface area contributed by atoms with Gasteiger partial charge in [0.05, 0.1) is 15.6 Å². The minimum absolute atomic E-state index is 0.0598. The molecule has 21 heavy (non-hydrogen) atoms. The van der Waals surface area contributed by atoms with Gasteiger partial charge in [-0.15, -0.1) is 0 Å². The fourth-order valence-corrected chi connectivity index (χ4v) is 3.24. The summed E-state index contributed by atoms with van der Waals surface area (Å²) in [5, 5.41) is 0.463. The van der Waals surface area contributed by atoms with Crippen molar-refractivity contribution in [2.75, 3.05) is 4.72 Å². The van der Waals surface area contributed by atoms with Crippen molar-refractivity contribution in [3.63, 3.8) is 0 Å². The molecule has 0 fully saturated rings. The number of halogens is 3. The molecule has 2 rings (SSSR count). The number of nitrogens with one attached hydrogen (secondary N) is 1. The van der Waals surface area contributed by atoms with Gasteiger partial charge < -0.3 is 5.73 Å². The van der Waals surface area contributed by atoms with Gasteiger partial charge in [0.2, 0.25) is 0 Å². The smallest absolute Gasteiger partial charge is 0.261 e. The van der Waals surface area contributed by atoms with Gasteiger partial charge in [-0.05, 0) is 52.3 Å². The summed E-state index contributed by atoms with van der Waals surface area (Å²) in [6.45, 7) is -0.0817. The second-order valence-corrected chi connectivity index (χ2v) is 7.14. The van der Waals surface area contributed by atoms with Crippen molar-refractivity contribution in [2.45, 2.75) is 11.4 Å². The molecule has 4 nitrogen and oxygen atoms in total. The first kappa shape index (κ1) is 16.2. The summed E-state index contributed by atoms with van der Waals surface area (Å²) in [5.41, 5.74) is 5.85. The van der Waals surface area contributed by atoms with Crippen molar-refractivity contribution in [3.05, 3.63) is 57.3 Å². The minimum atomic E-state index is -3.83. The summed E-state index contributed by atoms with van der Waals surface area (Å²) < 4.78 is 40.8. The Morgan fingerprint density at radius 3 is 2.57 bits per heavy atom. The van der Waals surface area contributed by atoms with Gasteiger partial charge in [0.1, 0.15) is 5.82 Å². The van der Waals surface area contributed by atoms with Crippen LogP contribution in [0.4, 0.5) is 10.1 Å². The minimum Gasteiger partial charge on any atom is -0.326 e. The Bertz CT molecular complexity index is 784. The molecule has 0 bridgehead atoms. The van der Waals surface area contributed by atoms with Crippen molar-refractivity contribution in [2.24, 2.45) is 5.73 Å². The predicted molar refractivity (Wildman–Crippen MR) is 84.3 cm³/mol. The highest BCUT2D eigenvalue weighted by molar-refractivity contribution is 9.10. The zero-order valence-electron chi connectivity index (χ0n) is 10.6. The van der Waals surface area contributed by atoms with Crippen molar-refractivity contribution >= 4 is 43.2 Å². The summed E-state index contributed by atoms with van der Waals surface area (Å²) in [4.78, 5) is -0.0598. The zero-order chi connectivity index (χ0) is 15.6. The van der Waals surface area contributed by atoms with Crippen LogP contribution in [0.15, 0.2) is 45.8 Å². The molecule has 0 aliphatic heterocycles. The van der Waals surface area contributed by atoms with Crippen molar-refractivity contribution in [1.29, 1.82) is 0 Å². The number of sulfonamides is 1. The van der Waals surface area contributed by atoms with Crippen LogP contribution >= 0.6 is 27.5 Å². The number of nitrogens with two attached hydrogens (primary N) is 1. The van der Waals surface area contributed by atoms with Crippen LogP contribution in [0.5, 0.6) is 0 Å². The van der Waals surface area contributed by atoms with E-state index >= 15 is 0 Å². The van der Waals surface area contributed by atoms with E-state index in [-0.39, 0.29) is 17.0 Å². The van der Waals surface area contributed by atoms with E-state index in [1.54, 1.807) is 6.07 Å². The Morgan fingerprint density at radius 1 is 1.24 bits per heavy atom. The lowest BCUT2D eigenvalue weighted by molar-refractivity contribution is 0.596. The number of anilines is 1. The first-order valence-corrected chi connectivity index (χ1v) is 8.45. The lowest BCUT2D eigenvalue weighted by atomic mass is 10.2. The van der Waals surface area contributed by atoms with Gasteiger partial charge in [0, 0.05) is 16.6 Å². The summed E-state index contributed by atoms with van der Waals surface area (Å²) in [5.74, 6) is -0.536. The van der Waals surface area contributed by atoms with E-state index in [4.69, 9.17) is 17.3 Å². The van der Waals surface area contributed by atoms with Crippen LogP contribution in [0.1, 0.15) is 5.56 Å². The van der Waals surface area contributed by atoms with E-state index in [0.717, 1.165) is 6.07 Å². The van der Waals surface area contributed by atoms with E-state index in [2.05, 4.69) is 20.7 Å². The molecule has 3 N–H and O–H groups in total. The summed E-state index contributed by atoms with van der Waals surface area (Å²) in [6, 6.07) is 8.09. The van der Waals surface area contributed by atoms with E-state index < -0.39 is 15.8 Å². The van der Waals surface area contributed by atoms with E-state index in [0.29, 0.717) is 15.2 Å². The second kappa shape index (κ2) is 6.31. The van der Waals surface area contributed by atoms with Gasteiger partial charge in [0.25, 0.3) is 10.0 Å². The molecular weight excluding hydrogens is 383 g/mol. The normalized spacial score (nSPS) is 11.4. The highest BCUT2D eigenvalue weighted by atomic mass is 79.9. The monoisotopic (exact) mass is 392 g/mol. The quantitative estimate of drug-likeness (QED) is 0.835. The zero-order valence-corrected chi connectivity index (χ0v) is 13.8. The number of benzene rings is 2. The fraction of sp³-hybridized carbons (Fsp3) is 0.0769. The van der Waals surface area contributed by atoms with E-state index in [9.17, 15) is 12.8 Å². The van der Waals surface area contributed by atoms with Gasteiger partial charge in [-0.3, -0.25) is 4.72 Å². The molecule has 0 aliphatic rings. The number of rotatable bonds is 4. The molecule has 8 heteroatoms. The maximum Gasteiger partial charge on any atom is 0.261 e. The Balaban J connectivity index is 2.35. The van der Waals surface area contributed by atoms with Crippen molar-refractivity contribution in [1.82, 2.24) is 0 Å². The third kappa shape index (κ3) is 3.74. The summed E-state index contributed by atoms with van der Waals surface area (Å²) >= 11 is 9.06. The highest BCUT2D eigenvalue weighted by Crippen LogP contribution is 2.27. The lowest BCUT2D eigenvalue weighted by Gasteiger charge is -2.10. The number of hydrogen-bond donors (Lipinski definition) is 2. The standard InChI is InChI=1S/C13H11BrClFN2O2S/c14-11-6-9(1-3-12(11)15)18-21(19,20)10-2-4-13(16)8(5-10)7-17/h1-6,18H,7,17H2. The average molecular weight is 394 g/mol. The Morgan fingerprint density at radius 2 is 1.95 bits per heavy atom. The molecular formula is C13H11BrClFN2O2S. The topological polar surface area (TPSA) is 72.2 Å². The molecule has 0 spiro atoms. The van der Waals surface area contributed by atoms with Crippen LogP contribution in [-0.2, 0) is 16.6 Å². The molecule has 0 aliphatic carbocycles. The maximum absolute atomic E-state index is 13.4. The molecule has 0 amide bonds. The van der Waals surface area contributed by atoms with Crippen LogP contribution < -0.4 is 10.5 Å². The first-order chi connectivity index (χ1) is 9.83. The van der Waals surface area contributed by atoms with Crippen LogP contribution in [0.2, 0.25) is 5.02 Å². The van der Waals surface area contributed by atoms with Gasteiger partial charge in [-0.1, -0.05) is 11.6 Å². The number of hydrogen-bond acceptors (Lipinski definition) is 3. The summed E-state index contributed by atoms with van der Waals surface area (Å²) in [6.07, 6.45) is 0. The molecule has 0 heterocycles. The van der Waals surface area contributed by atoms with Crippen LogP contribution in [0.25, 0.3) is 0 Å². The highest BCUT2D eigenvalue weighted by Gasteiger charge is 2.16. The third-order valence-electron chi connectivity index (χ3n) is 2.72. The van der Waals surface area contributed by atoms with Gasteiger partial charge in [-0.2, -0.15) is 0 Å². The predicted octanol–water partition coefficient (Wildman–Crippen LogP) is 3.50. The van der Waals surface area contributed by atoms with E-state index in [1.807, 2.05) is 0 Å². The van der Waals surface area contributed by atoms with Gasteiger partial charge in [-0.25, -0.2) is 12.8 Å². The lowest BCUT2D eigenvalue weighted by Crippen LogP contribution is -2.14. The largest absolute Gasteiger partial charge is 0.326 e. The average Bonchev–Trinajstić information content (AvgIpc) is 2.43. The Labute approximate surface area is 135 Å². The maximum atomic E-state index is 13.4.